The number of ether oxygens (including phenoxy) is 1. The summed E-state index contributed by atoms with van der Waals surface area (Å²) >= 11 is 0. The van der Waals surface area contributed by atoms with Gasteiger partial charge < -0.3 is 9.64 Å². The SMILES string of the molecule is O=C1N(c2ccc(-c3cn[nH]c3)cc2)CC2(CCOCC2)N1Cc1c(F)cccc1F. The summed E-state index contributed by atoms with van der Waals surface area (Å²) in [6.07, 6.45) is 4.78. The van der Waals surface area contributed by atoms with Gasteiger partial charge in [0.15, 0.2) is 0 Å². The number of carbonyl (C=O) groups excluding carboxylic acids is 1. The van der Waals surface area contributed by atoms with Crippen LogP contribution in [0.4, 0.5) is 19.3 Å². The van der Waals surface area contributed by atoms with Gasteiger partial charge >= 0.3 is 6.03 Å². The van der Waals surface area contributed by atoms with Crippen molar-refractivity contribution in [1.82, 2.24) is 15.1 Å². The van der Waals surface area contributed by atoms with E-state index in [0.29, 0.717) is 32.6 Å². The van der Waals surface area contributed by atoms with Crippen LogP contribution in [-0.2, 0) is 11.3 Å². The summed E-state index contributed by atoms with van der Waals surface area (Å²) < 4.78 is 34.2. The van der Waals surface area contributed by atoms with Crippen molar-refractivity contribution in [3.8, 4) is 11.1 Å². The number of amides is 2. The highest BCUT2D eigenvalue weighted by atomic mass is 19.1. The van der Waals surface area contributed by atoms with Gasteiger partial charge in [-0.2, -0.15) is 5.10 Å². The Morgan fingerprint density at radius 1 is 1.03 bits per heavy atom. The summed E-state index contributed by atoms with van der Waals surface area (Å²) in [6.45, 7) is 1.37. The molecule has 160 valence electrons. The first kappa shape index (κ1) is 19.7. The van der Waals surface area contributed by atoms with Crippen molar-refractivity contribution in [2.45, 2.75) is 24.9 Å². The third kappa shape index (κ3) is 3.46. The van der Waals surface area contributed by atoms with E-state index in [1.807, 2.05) is 24.3 Å². The molecule has 2 amide bonds. The third-order valence-electron chi connectivity index (χ3n) is 6.30. The standard InChI is InChI=1S/C23H22F2N4O2/c24-20-2-1-3-21(25)19(20)14-29-22(30)28(15-23(29)8-10-31-11-9-23)18-6-4-16(5-7-18)17-12-26-27-13-17/h1-7,12-13H,8-11,14-15H2,(H,26,27). The Bertz CT molecular complexity index is 1060. The summed E-state index contributed by atoms with van der Waals surface area (Å²) in [5.74, 6) is -1.28. The molecule has 8 heteroatoms. The van der Waals surface area contributed by atoms with Crippen LogP contribution in [0, 0.1) is 11.6 Å². The van der Waals surface area contributed by atoms with E-state index in [4.69, 9.17) is 4.74 Å². The number of aromatic amines is 1. The minimum Gasteiger partial charge on any atom is -0.381 e. The topological polar surface area (TPSA) is 61.5 Å². The number of carbonyl (C=O) groups is 1. The number of hydrogen-bond donors (Lipinski definition) is 1. The van der Waals surface area contributed by atoms with Crippen molar-refractivity contribution < 1.29 is 18.3 Å². The Morgan fingerprint density at radius 3 is 2.39 bits per heavy atom. The average Bonchev–Trinajstić information content (AvgIpc) is 3.40. The second-order valence-electron chi connectivity index (χ2n) is 8.03. The fraction of sp³-hybridized carbons (Fsp3) is 0.304. The highest BCUT2D eigenvalue weighted by molar-refractivity contribution is 5.95. The van der Waals surface area contributed by atoms with Crippen LogP contribution in [0.5, 0.6) is 0 Å². The molecule has 2 saturated heterocycles. The monoisotopic (exact) mass is 424 g/mol. The van der Waals surface area contributed by atoms with Gasteiger partial charge in [-0.05, 0) is 42.7 Å². The number of benzene rings is 2. The van der Waals surface area contributed by atoms with Gasteiger partial charge in [0.25, 0.3) is 0 Å². The van der Waals surface area contributed by atoms with Crippen molar-refractivity contribution in [2.75, 3.05) is 24.7 Å². The first-order chi connectivity index (χ1) is 15.1. The van der Waals surface area contributed by atoms with E-state index in [1.54, 1.807) is 22.2 Å². The van der Waals surface area contributed by atoms with Gasteiger partial charge in [0.05, 0.1) is 24.8 Å². The van der Waals surface area contributed by atoms with Crippen LogP contribution in [0.1, 0.15) is 18.4 Å². The van der Waals surface area contributed by atoms with Crippen molar-refractivity contribution in [1.29, 1.82) is 0 Å². The molecule has 3 aromatic rings. The smallest absolute Gasteiger partial charge is 0.325 e. The molecule has 0 aliphatic carbocycles. The molecule has 6 nitrogen and oxygen atoms in total. The molecular formula is C23H22F2N4O2. The van der Waals surface area contributed by atoms with E-state index in [1.165, 1.54) is 18.2 Å². The number of anilines is 1. The molecule has 1 N–H and O–H groups in total. The normalized spacial score (nSPS) is 18.2. The van der Waals surface area contributed by atoms with Gasteiger partial charge in [0, 0.05) is 36.2 Å². The summed E-state index contributed by atoms with van der Waals surface area (Å²) in [7, 11) is 0. The van der Waals surface area contributed by atoms with Crippen LogP contribution in [0.25, 0.3) is 11.1 Å². The minimum atomic E-state index is -0.641. The second-order valence-corrected chi connectivity index (χ2v) is 8.03. The Morgan fingerprint density at radius 2 is 1.74 bits per heavy atom. The molecular weight excluding hydrogens is 402 g/mol. The lowest BCUT2D eigenvalue weighted by Crippen LogP contribution is -2.50. The zero-order valence-corrected chi connectivity index (χ0v) is 16.9. The predicted molar refractivity (Wildman–Crippen MR) is 111 cm³/mol. The molecule has 2 aliphatic rings. The molecule has 0 saturated carbocycles. The van der Waals surface area contributed by atoms with Crippen molar-refractivity contribution in [2.24, 2.45) is 0 Å². The Balaban J connectivity index is 1.47. The van der Waals surface area contributed by atoms with Gasteiger partial charge in [-0.25, -0.2) is 13.6 Å². The fourth-order valence-electron chi connectivity index (χ4n) is 4.50. The first-order valence-electron chi connectivity index (χ1n) is 10.3. The zero-order valence-electron chi connectivity index (χ0n) is 16.9. The molecule has 2 fully saturated rings. The highest BCUT2D eigenvalue weighted by Crippen LogP contribution is 2.39. The van der Waals surface area contributed by atoms with E-state index in [-0.39, 0.29) is 18.1 Å². The van der Waals surface area contributed by atoms with E-state index in [9.17, 15) is 13.6 Å². The molecule has 0 atom stereocenters. The predicted octanol–water partition coefficient (Wildman–Crippen LogP) is 4.35. The maximum absolute atomic E-state index is 14.4. The van der Waals surface area contributed by atoms with Crippen molar-refractivity contribution in [3.05, 3.63) is 72.1 Å². The lowest BCUT2D eigenvalue weighted by molar-refractivity contribution is 0.00557. The van der Waals surface area contributed by atoms with E-state index >= 15 is 0 Å². The quantitative estimate of drug-likeness (QED) is 0.678. The summed E-state index contributed by atoms with van der Waals surface area (Å²) in [4.78, 5) is 16.8. The number of aromatic nitrogens is 2. The maximum Gasteiger partial charge on any atom is 0.325 e. The molecule has 1 aromatic heterocycles. The number of halogens is 2. The van der Waals surface area contributed by atoms with Crippen molar-refractivity contribution >= 4 is 11.7 Å². The lowest BCUT2D eigenvalue weighted by Gasteiger charge is -2.40. The van der Waals surface area contributed by atoms with Crippen molar-refractivity contribution in [3.63, 3.8) is 0 Å². The van der Waals surface area contributed by atoms with Gasteiger partial charge in [-0.15, -0.1) is 0 Å². The van der Waals surface area contributed by atoms with Crippen LogP contribution in [0.2, 0.25) is 0 Å². The number of nitrogens with zero attached hydrogens (tertiary/aromatic N) is 3. The zero-order chi connectivity index (χ0) is 21.4. The van der Waals surface area contributed by atoms with Crippen LogP contribution in [-0.4, -0.2) is 46.4 Å². The molecule has 0 unspecified atom stereocenters. The Labute approximate surface area is 178 Å². The average molecular weight is 424 g/mol. The molecule has 2 aliphatic heterocycles. The molecule has 5 rings (SSSR count). The second kappa shape index (κ2) is 7.77. The van der Waals surface area contributed by atoms with Gasteiger partial charge in [0.2, 0.25) is 0 Å². The molecule has 3 heterocycles. The number of nitrogens with one attached hydrogen (secondary N) is 1. The first-order valence-corrected chi connectivity index (χ1v) is 10.3. The van der Waals surface area contributed by atoms with Crippen LogP contribution in [0.3, 0.4) is 0 Å². The van der Waals surface area contributed by atoms with E-state index in [2.05, 4.69) is 10.2 Å². The number of urea groups is 1. The van der Waals surface area contributed by atoms with Gasteiger partial charge in [-0.3, -0.25) is 10.00 Å². The van der Waals surface area contributed by atoms with Crippen LogP contribution in [0.15, 0.2) is 54.9 Å². The molecule has 0 bridgehead atoms. The van der Waals surface area contributed by atoms with E-state index in [0.717, 1.165) is 16.8 Å². The Kier molecular flexibility index (Phi) is 4.94. The molecule has 0 radical (unpaired) electrons. The van der Waals surface area contributed by atoms with Gasteiger partial charge in [-0.1, -0.05) is 18.2 Å². The lowest BCUT2D eigenvalue weighted by atomic mass is 9.88. The maximum atomic E-state index is 14.4. The largest absolute Gasteiger partial charge is 0.381 e. The summed E-state index contributed by atoms with van der Waals surface area (Å²) in [5.41, 5.74) is 2.08. The molecule has 31 heavy (non-hydrogen) atoms. The third-order valence-corrected chi connectivity index (χ3v) is 6.30. The number of hydrogen-bond acceptors (Lipinski definition) is 3. The number of rotatable bonds is 4. The number of H-pyrrole nitrogens is 1. The summed E-state index contributed by atoms with van der Waals surface area (Å²) in [5, 5.41) is 6.75. The Hall–Kier alpha value is -3.26. The van der Waals surface area contributed by atoms with Crippen LogP contribution >= 0.6 is 0 Å². The molecule has 2 aromatic carbocycles. The van der Waals surface area contributed by atoms with Gasteiger partial charge in [0.1, 0.15) is 11.6 Å². The van der Waals surface area contributed by atoms with E-state index < -0.39 is 17.2 Å². The fourth-order valence-corrected chi connectivity index (χ4v) is 4.50. The minimum absolute atomic E-state index is 0.0844. The highest BCUT2D eigenvalue weighted by Gasteiger charge is 2.50. The van der Waals surface area contributed by atoms with Crippen LogP contribution < -0.4 is 4.90 Å². The molecule has 1 spiro atoms. The summed E-state index contributed by atoms with van der Waals surface area (Å²) in [6, 6.07) is 11.2.